The van der Waals surface area contributed by atoms with E-state index in [1.54, 1.807) is 6.08 Å². The number of allylic oxidation sites excluding steroid dienone is 1. The molecule has 0 aromatic rings. The maximum atomic E-state index is 12.9. The summed E-state index contributed by atoms with van der Waals surface area (Å²) in [5.41, 5.74) is 0. The van der Waals surface area contributed by atoms with Crippen LogP contribution in [0.1, 0.15) is 110 Å². The van der Waals surface area contributed by atoms with Crippen LogP contribution in [-0.2, 0) is 23.7 Å². The number of aliphatic hydroxyl groups is 8. The standard InChI is InChI=1S/C35H65NO13/c1-3-5-7-9-11-13-14-16-18-24(39)23(36-27(40)19-17-15-12-10-8-6-4-2)22-46-34-32(45)30(43)33(26(21-38)48-34)49-35-31(44)29(42)28(41)25(20-37)47-35/h16,18,23-26,28-35,37-39,41-45H,3-15,17,19-22H2,1-2H3,(H,36,40)/b18-16+. The highest BCUT2D eigenvalue weighted by atomic mass is 16.7. The summed E-state index contributed by atoms with van der Waals surface area (Å²) in [4.78, 5) is 12.9. The van der Waals surface area contributed by atoms with E-state index in [1.165, 1.54) is 38.5 Å². The van der Waals surface area contributed by atoms with E-state index in [9.17, 15) is 45.6 Å². The normalized spacial score (nSPS) is 32.0. The highest BCUT2D eigenvalue weighted by Crippen LogP contribution is 2.29. The van der Waals surface area contributed by atoms with Gasteiger partial charge in [0.05, 0.1) is 32.0 Å². The summed E-state index contributed by atoms with van der Waals surface area (Å²) in [6.45, 7) is 2.62. The van der Waals surface area contributed by atoms with Crippen LogP contribution in [-0.4, -0.2) is 140 Å². The lowest BCUT2D eigenvalue weighted by Crippen LogP contribution is -2.65. The van der Waals surface area contributed by atoms with E-state index >= 15 is 0 Å². The molecule has 14 heteroatoms. The number of hydrogen-bond donors (Lipinski definition) is 9. The van der Waals surface area contributed by atoms with E-state index in [-0.39, 0.29) is 18.9 Å². The Morgan fingerprint density at radius 3 is 1.88 bits per heavy atom. The highest BCUT2D eigenvalue weighted by molar-refractivity contribution is 5.76. The number of unbranched alkanes of at least 4 members (excludes halogenated alkanes) is 12. The molecule has 0 radical (unpaired) electrons. The summed E-state index contributed by atoms with van der Waals surface area (Å²) in [6, 6.07) is -0.901. The van der Waals surface area contributed by atoms with Gasteiger partial charge in [0.1, 0.15) is 48.8 Å². The Morgan fingerprint density at radius 2 is 1.27 bits per heavy atom. The lowest BCUT2D eigenvalue weighted by molar-refractivity contribution is -0.359. The summed E-state index contributed by atoms with van der Waals surface area (Å²) >= 11 is 0. The SMILES string of the molecule is CCCCCCCC/C=C/C(O)C(COC1OC(CO)C(OC2OC(CO)C(O)C(O)C2O)C(O)C1O)NC(=O)CCCCCCCCC. The summed E-state index contributed by atoms with van der Waals surface area (Å²) in [5.74, 6) is -0.253. The van der Waals surface area contributed by atoms with Crippen LogP contribution in [0.25, 0.3) is 0 Å². The maximum Gasteiger partial charge on any atom is 0.220 e. The van der Waals surface area contributed by atoms with Crippen molar-refractivity contribution in [1.29, 1.82) is 0 Å². The Morgan fingerprint density at radius 1 is 0.714 bits per heavy atom. The first-order valence-corrected chi connectivity index (χ1v) is 18.4. The molecule has 2 rings (SSSR count). The number of carbonyl (C=O) groups excluding carboxylic acids is 1. The third kappa shape index (κ3) is 15.1. The van der Waals surface area contributed by atoms with Crippen molar-refractivity contribution in [2.45, 2.75) is 184 Å². The third-order valence-electron chi connectivity index (χ3n) is 9.22. The predicted molar refractivity (Wildman–Crippen MR) is 180 cm³/mol. The molecule has 2 aliphatic heterocycles. The minimum absolute atomic E-state index is 0.253. The zero-order chi connectivity index (χ0) is 36.2. The molecule has 0 aromatic heterocycles. The Bertz CT molecular complexity index is 894. The number of carbonyl (C=O) groups is 1. The first kappa shape index (κ1) is 43.9. The van der Waals surface area contributed by atoms with Gasteiger partial charge in [-0.15, -0.1) is 0 Å². The van der Waals surface area contributed by atoms with Gasteiger partial charge in [-0.1, -0.05) is 96.6 Å². The van der Waals surface area contributed by atoms with Crippen LogP contribution in [0.4, 0.5) is 0 Å². The van der Waals surface area contributed by atoms with Gasteiger partial charge in [0, 0.05) is 6.42 Å². The fourth-order valence-corrected chi connectivity index (χ4v) is 6.05. The predicted octanol–water partition coefficient (Wildman–Crippen LogP) is 0.920. The summed E-state index contributed by atoms with van der Waals surface area (Å²) in [6.07, 6.45) is 1.80. The fraction of sp³-hybridized carbons (Fsp3) is 0.914. The average Bonchev–Trinajstić information content (AvgIpc) is 3.09. The Kier molecular flexibility index (Phi) is 22.2. The second kappa shape index (κ2) is 24.8. The van der Waals surface area contributed by atoms with Gasteiger partial charge in [0.2, 0.25) is 5.91 Å². The van der Waals surface area contributed by atoms with Crippen molar-refractivity contribution >= 4 is 5.91 Å². The minimum Gasteiger partial charge on any atom is -0.394 e. The van der Waals surface area contributed by atoms with Gasteiger partial charge >= 0.3 is 0 Å². The summed E-state index contributed by atoms with van der Waals surface area (Å²) < 4.78 is 22.4. The van der Waals surface area contributed by atoms with Gasteiger partial charge in [-0.2, -0.15) is 0 Å². The summed E-state index contributed by atoms with van der Waals surface area (Å²) in [5, 5.41) is 85.6. The Hall–Kier alpha value is -1.27. The molecule has 0 aromatic carbocycles. The molecule has 0 spiro atoms. The van der Waals surface area contributed by atoms with Crippen LogP contribution in [0.2, 0.25) is 0 Å². The number of ether oxygens (including phenoxy) is 4. The molecule has 49 heavy (non-hydrogen) atoms. The van der Waals surface area contributed by atoms with Gasteiger partial charge in [-0.05, 0) is 19.3 Å². The molecule has 9 N–H and O–H groups in total. The molecule has 0 saturated carbocycles. The topological polar surface area (TPSA) is 228 Å². The van der Waals surface area contributed by atoms with Crippen LogP contribution in [0.3, 0.4) is 0 Å². The Balaban J connectivity index is 2.01. The highest BCUT2D eigenvalue weighted by Gasteiger charge is 2.50. The molecule has 0 bridgehead atoms. The molecule has 2 heterocycles. The minimum atomic E-state index is -1.78. The molecule has 0 aliphatic carbocycles. The number of hydrogen-bond acceptors (Lipinski definition) is 13. The van der Waals surface area contributed by atoms with Crippen LogP contribution in [0.15, 0.2) is 12.2 Å². The van der Waals surface area contributed by atoms with Gasteiger partial charge in [-0.25, -0.2) is 0 Å². The van der Waals surface area contributed by atoms with E-state index in [2.05, 4.69) is 19.2 Å². The number of rotatable bonds is 25. The van der Waals surface area contributed by atoms with Crippen LogP contribution < -0.4 is 5.32 Å². The van der Waals surface area contributed by atoms with E-state index in [4.69, 9.17) is 18.9 Å². The van der Waals surface area contributed by atoms with E-state index in [1.807, 2.05) is 6.08 Å². The molecule has 288 valence electrons. The van der Waals surface area contributed by atoms with Crippen molar-refractivity contribution in [1.82, 2.24) is 5.32 Å². The van der Waals surface area contributed by atoms with Crippen molar-refractivity contribution in [3.8, 4) is 0 Å². The zero-order valence-electron chi connectivity index (χ0n) is 29.4. The van der Waals surface area contributed by atoms with Crippen LogP contribution in [0.5, 0.6) is 0 Å². The van der Waals surface area contributed by atoms with Gasteiger partial charge < -0.3 is 65.1 Å². The fourth-order valence-electron chi connectivity index (χ4n) is 6.05. The van der Waals surface area contributed by atoms with E-state index in [0.717, 1.165) is 44.9 Å². The first-order valence-electron chi connectivity index (χ1n) is 18.4. The molecular formula is C35H65NO13. The third-order valence-corrected chi connectivity index (χ3v) is 9.22. The van der Waals surface area contributed by atoms with Crippen molar-refractivity contribution in [2.75, 3.05) is 19.8 Å². The van der Waals surface area contributed by atoms with Crippen LogP contribution >= 0.6 is 0 Å². The maximum absolute atomic E-state index is 12.9. The first-order chi connectivity index (χ1) is 23.6. The second-order valence-electron chi connectivity index (χ2n) is 13.4. The molecule has 12 unspecified atom stereocenters. The average molecular weight is 708 g/mol. The quantitative estimate of drug-likeness (QED) is 0.0476. The van der Waals surface area contributed by atoms with Gasteiger partial charge in [0.25, 0.3) is 0 Å². The molecule has 1 amide bonds. The smallest absolute Gasteiger partial charge is 0.220 e. The molecule has 2 aliphatic rings. The van der Waals surface area contributed by atoms with Gasteiger partial charge in [-0.3, -0.25) is 4.79 Å². The largest absolute Gasteiger partial charge is 0.394 e. The lowest BCUT2D eigenvalue weighted by Gasteiger charge is -2.46. The van der Waals surface area contributed by atoms with E-state index < -0.39 is 86.8 Å². The number of aliphatic hydroxyl groups excluding tert-OH is 8. The van der Waals surface area contributed by atoms with Crippen molar-refractivity contribution in [3.05, 3.63) is 12.2 Å². The molecule has 2 fully saturated rings. The van der Waals surface area contributed by atoms with Crippen molar-refractivity contribution < 1.29 is 64.6 Å². The monoisotopic (exact) mass is 707 g/mol. The molecule has 12 atom stereocenters. The van der Waals surface area contributed by atoms with Gasteiger partial charge in [0.15, 0.2) is 12.6 Å². The molecular weight excluding hydrogens is 642 g/mol. The Labute approximate surface area is 291 Å². The number of nitrogens with one attached hydrogen (secondary N) is 1. The van der Waals surface area contributed by atoms with Crippen molar-refractivity contribution in [2.24, 2.45) is 0 Å². The van der Waals surface area contributed by atoms with Crippen molar-refractivity contribution in [3.63, 3.8) is 0 Å². The molecule has 2 saturated heterocycles. The zero-order valence-corrected chi connectivity index (χ0v) is 29.4. The molecule has 14 nitrogen and oxygen atoms in total. The summed E-state index contributed by atoms with van der Waals surface area (Å²) in [7, 11) is 0. The number of amides is 1. The second-order valence-corrected chi connectivity index (χ2v) is 13.4. The lowest BCUT2D eigenvalue weighted by atomic mass is 9.97. The van der Waals surface area contributed by atoms with Crippen LogP contribution in [0, 0.1) is 0 Å². The van der Waals surface area contributed by atoms with E-state index in [0.29, 0.717) is 6.42 Å².